The fourth-order valence-corrected chi connectivity index (χ4v) is 2.89. The van der Waals surface area contributed by atoms with Crippen molar-refractivity contribution in [2.24, 2.45) is 0 Å². The molecule has 2 rings (SSSR count). The number of nitriles is 1. The first-order valence-corrected chi connectivity index (χ1v) is 7.12. The predicted octanol–water partition coefficient (Wildman–Crippen LogP) is 3.63. The van der Waals surface area contributed by atoms with E-state index in [-0.39, 0.29) is 11.3 Å². The van der Waals surface area contributed by atoms with Gasteiger partial charge in [0.25, 0.3) is 5.69 Å². The van der Waals surface area contributed by atoms with Crippen molar-refractivity contribution in [1.82, 2.24) is 0 Å². The summed E-state index contributed by atoms with van der Waals surface area (Å²) >= 11 is 0. The van der Waals surface area contributed by atoms with E-state index in [4.69, 9.17) is 5.26 Å². The number of rotatable bonds is 3. The number of benzene rings is 1. The van der Waals surface area contributed by atoms with Crippen molar-refractivity contribution in [1.29, 1.82) is 5.26 Å². The third kappa shape index (κ3) is 2.90. The monoisotopic (exact) mass is 273 g/mol. The van der Waals surface area contributed by atoms with Crippen LogP contribution in [0.2, 0.25) is 0 Å². The second-order valence-corrected chi connectivity index (χ2v) is 5.18. The molecule has 1 atom stereocenters. The fourth-order valence-electron chi connectivity index (χ4n) is 2.89. The zero-order valence-corrected chi connectivity index (χ0v) is 11.7. The topological polar surface area (TPSA) is 70.2 Å². The highest BCUT2D eigenvalue weighted by molar-refractivity contribution is 5.60. The van der Waals surface area contributed by atoms with E-state index in [1.54, 1.807) is 12.1 Å². The fraction of sp³-hybridized carbons (Fsp3) is 0.533. The molecule has 0 aliphatic carbocycles. The van der Waals surface area contributed by atoms with Gasteiger partial charge in [0.15, 0.2) is 0 Å². The molecule has 1 aromatic carbocycles. The quantitative estimate of drug-likeness (QED) is 0.623. The van der Waals surface area contributed by atoms with Crippen LogP contribution in [0.25, 0.3) is 0 Å². The molecule has 0 aromatic heterocycles. The van der Waals surface area contributed by atoms with Gasteiger partial charge in [-0.05, 0) is 31.4 Å². The minimum absolute atomic E-state index is 0.0934. The Kier molecular flexibility index (Phi) is 4.57. The Labute approximate surface area is 119 Å². The summed E-state index contributed by atoms with van der Waals surface area (Å²) in [4.78, 5) is 12.9. The van der Waals surface area contributed by atoms with E-state index in [9.17, 15) is 10.1 Å². The highest BCUT2D eigenvalue weighted by atomic mass is 16.6. The summed E-state index contributed by atoms with van der Waals surface area (Å²) < 4.78 is 0. The lowest BCUT2D eigenvalue weighted by atomic mass is 10.1. The Hall–Kier alpha value is -2.09. The van der Waals surface area contributed by atoms with E-state index in [0.29, 0.717) is 6.04 Å². The molecular weight excluding hydrogens is 254 g/mol. The number of nitrogens with zero attached hydrogens (tertiary/aromatic N) is 3. The minimum Gasteiger partial charge on any atom is -0.368 e. The van der Waals surface area contributed by atoms with E-state index in [1.807, 2.05) is 12.1 Å². The molecule has 1 fully saturated rings. The molecule has 1 aliphatic heterocycles. The molecule has 20 heavy (non-hydrogen) atoms. The van der Waals surface area contributed by atoms with Gasteiger partial charge in [0.1, 0.15) is 11.6 Å². The number of nitro groups is 1. The van der Waals surface area contributed by atoms with E-state index in [1.165, 1.54) is 12.8 Å². The van der Waals surface area contributed by atoms with Crippen molar-refractivity contribution >= 4 is 11.4 Å². The number of hydrogen-bond acceptors (Lipinski definition) is 4. The summed E-state index contributed by atoms with van der Waals surface area (Å²) in [7, 11) is 0. The molecule has 1 aliphatic rings. The Morgan fingerprint density at radius 3 is 2.90 bits per heavy atom. The van der Waals surface area contributed by atoms with Crippen LogP contribution in [0.5, 0.6) is 0 Å². The molecule has 0 bridgehead atoms. The minimum atomic E-state index is -0.471. The van der Waals surface area contributed by atoms with Crippen LogP contribution in [0.4, 0.5) is 11.4 Å². The smallest absolute Gasteiger partial charge is 0.289 e. The largest absolute Gasteiger partial charge is 0.368 e. The third-order valence-corrected chi connectivity index (χ3v) is 3.98. The standard InChI is InChI=1S/C15H19N3O2/c1-2-13-6-4-3-5-9-17(13)14-8-7-12(11-16)15(10-14)18(19)20/h7-8,10,13H,2-6,9H2,1H3. The SMILES string of the molecule is CCC1CCCCCN1c1ccc(C#N)c([N+](=O)[O-])c1. The molecular formula is C15H19N3O2. The van der Waals surface area contributed by atoms with Gasteiger partial charge in [-0.25, -0.2) is 0 Å². The number of nitro benzene ring substituents is 1. The molecule has 5 nitrogen and oxygen atoms in total. The van der Waals surface area contributed by atoms with Crippen molar-refractivity contribution in [3.63, 3.8) is 0 Å². The van der Waals surface area contributed by atoms with Crippen LogP contribution in [0.1, 0.15) is 44.6 Å². The van der Waals surface area contributed by atoms with Crippen molar-refractivity contribution in [3.05, 3.63) is 33.9 Å². The Balaban J connectivity index is 2.38. The molecule has 106 valence electrons. The molecule has 5 heteroatoms. The second-order valence-electron chi connectivity index (χ2n) is 5.18. The van der Waals surface area contributed by atoms with Crippen LogP contribution in [0, 0.1) is 21.4 Å². The molecule has 1 unspecified atom stereocenters. The van der Waals surface area contributed by atoms with Crippen molar-refractivity contribution in [2.75, 3.05) is 11.4 Å². The first-order chi connectivity index (χ1) is 9.67. The van der Waals surface area contributed by atoms with Crippen LogP contribution < -0.4 is 4.90 Å². The molecule has 1 saturated heterocycles. The maximum Gasteiger partial charge on any atom is 0.289 e. The Bertz CT molecular complexity index is 536. The number of hydrogen-bond donors (Lipinski definition) is 0. The Morgan fingerprint density at radius 2 is 2.25 bits per heavy atom. The maximum absolute atomic E-state index is 11.1. The van der Waals surface area contributed by atoms with E-state index < -0.39 is 4.92 Å². The highest BCUT2D eigenvalue weighted by Gasteiger charge is 2.23. The highest BCUT2D eigenvalue weighted by Crippen LogP contribution is 2.30. The normalized spacial score (nSPS) is 19.2. The van der Waals surface area contributed by atoms with Gasteiger partial charge in [0.05, 0.1) is 4.92 Å². The van der Waals surface area contributed by atoms with Gasteiger partial charge in [0.2, 0.25) is 0 Å². The van der Waals surface area contributed by atoms with Crippen LogP contribution in [-0.2, 0) is 0 Å². The van der Waals surface area contributed by atoms with Crippen molar-refractivity contribution in [2.45, 2.75) is 45.1 Å². The Morgan fingerprint density at radius 1 is 1.45 bits per heavy atom. The van der Waals surface area contributed by atoms with Gasteiger partial charge in [0, 0.05) is 24.3 Å². The summed E-state index contributed by atoms with van der Waals surface area (Å²) in [6, 6.07) is 7.26. The molecule has 0 saturated carbocycles. The van der Waals surface area contributed by atoms with Gasteiger partial charge in [-0.15, -0.1) is 0 Å². The zero-order valence-electron chi connectivity index (χ0n) is 11.7. The van der Waals surface area contributed by atoms with Crippen LogP contribution in [0.15, 0.2) is 18.2 Å². The molecule has 0 radical (unpaired) electrons. The zero-order chi connectivity index (χ0) is 14.5. The van der Waals surface area contributed by atoms with E-state index in [2.05, 4.69) is 11.8 Å². The van der Waals surface area contributed by atoms with Crippen LogP contribution in [0.3, 0.4) is 0 Å². The molecule has 0 spiro atoms. The average molecular weight is 273 g/mol. The predicted molar refractivity (Wildman–Crippen MR) is 77.7 cm³/mol. The van der Waals surface area contributed by atoms with E-state index in [0.717, 1.165) is 31.5 Å². The molecule has 0 amide bonds. The summed E-state index contributed by atoms with van der Waals surface area (Å²) in [5.41, 5.74) is 0.898. The van der Waals surface area contributed by atoms with Crippen LogP contribution in [-0.4, -0.2) is 17.5 Å². The molecule has 1 aromatic rings. The lowest BCUT2D eigenvalue weighted by molar-refractivity contribution is -0.385. The van der Waals surface area contributed by atoms with Gasteiger partial charge in [-0.2, -0.15) is 5.26 Å². The van der Waals surface area contributed by atoms with Crippen molar-refractivity contribution < 1.29 is 4.92 Å². The van der Waals surface area contributed by atoms with Crippen LogP contribution >= 0.6 is 0 Å². The average Bonchev–Trinajstić information content (AvgIpc) is 2.71. The first kappa shape index (κ1) is 14.3. The van der Waals surface area contributed by atoms with Gasteiger partial charge in [-0.3, -0.25) is 10.1 Å². The lowest BCUT2D eigenvalue weighted by Crippen LogP contribution is -2.34. The first-order valence-electron chi connectivity index (χ1n) is 7.12. The van der Waals surface area contributed by atoms with Gasteiger partial charge < -0.3 is 4.90 Å². The summed E-state index contributed by atoms with van der Waals surface area (Å²) in [5.74, 6) is 0. The van der Waals surface area contributed by atoms with Gasteiger partial charge >= 0.3 is 0 Å². The summed E-state index contributed by atoms with van der Waals surface area (Å²) in [6.45, 7) is 3.09. The number of anilines is 1. The maximum atomic E-state index is 11.1. The second kappa shape index (κ2) is 6.38. The molecule has 0 N–H and O–H groups in total. The van der Waals surface area contributed by atoms with Crippen molar-refractivity contribution in [3.8, 4) is 6.07 Å². The molecule has 1 heterocycles. The van der Waals surface area contributed by atoms with Gasteiger partial charge in [-0.1, -0.05) is 19.8 Å². The lowest BCUT2D eigenvalue weighted by Gasteiger charge is -2.31. The third-order valence-electron chi connectivity index (χ3n) is 3.98. The summed E-state index contributed by atoms with van der Waals surface area (Å²) in [6.07, 6.45) is 5.71. The summed E-state index contributed by atoms with van der Waals surface area (Å²) in [5, 5.41) is 20.0. The van der Waals surface area contributed by atoms with E-state index >= 15 is 0 Å².